The predicted octanol–water partition coefficient (Wildman–Crippen LogP) is 2.92. The van der Waals surface area contributed by atoms with Gasteiger partial charge in [-0.2, -0.15) is 5.10 Å². The van der Waals surface area contributed by atoms with Gasteiger partial charge in [0.1, 0.15) is 30.3 Å². The summed E-state index contributed by atoms with van der Waals surface area (Å²) < 4.78 is 13.2. The van der Waals surface area contributed by atoms with Crippen LogP contribution in [0.4, 0.5) is 0 Å². The molecule has 1 aromatic heterocycles. The van der Waals surface area contributed by atoms with Crippen molar-refractivity contribution in [1.82, 2.24) is 20.1 Å². The third-order valence-electron chi connectivity index (χ3n) is 4.63. The Morgan fingerprint density at radius 2 is 2.14 bits per heavy atom. The van der Waals surface area contributed by atoms with Crippen molar-refractivity contribution < 1.29 is 14.3 Å². The van der Waals surface area contributed by atoms with Crippen molar-refractivity contribution in [2.45, 2.75) is 32.9 Å². The van der Waals surface area contributed by atoms with Crippen LogP contribution in [-0.4, -0.2) is 33.4 Å². The second-order valence-electron chi connectivity index (χ2n) is 6.70. The predicted molar refractivity (Wildman–Crippen MR) is 104 cm³/mol. The number of hydrogen-bond donors (Lipinski definition) is 1. The maximum absolute atomic E-state index is 12.6. The Hall–Kier alpha value is -3.35. The highest BCUT2D eigenvalue weighted by Crippen LogP contribution is 2.35. The number of fused-ring (bicyclic) bond motifs is 1. The summed E-state index contributed by atoms with van der Waals surface area (Å²) in [6, 6.07) is 11.2. The molecule has 1 atom stereocenters. The summed E-state index contributed by atoms with van der Waals surface area (Å²) in [6.07, 6.45) is 4.12. The number of rotatable bonds is 6. The molecule has 144 valence electrons. The average molecular weight is 378 g/mol. The molecule has 0 saturated heterocycles. The SMILES string of the molecule is CCOc1cc2c(cc1CNC(=O)c1ccc(-n3cncn3)cc1)O[C@H](C)C2. The number of ether oxygens (including phenoxy) is 2. The number of amides is 1. The third-order valence-corrected chi connectivity index (χ3v) is 4.63. The largest absolute Gasteiger partial charge is 0.494 e. The van der Waals surface area contributed by atoms with E-state index in [1.54, 1.807) is 23.1 Å². The van der Waals surface area contributed by atoms with Crippen molar-refractivity contribution in [2.24, 2.45) is 0 Å². The van der Waals surface area contributed by atoms with E-state index in [0.29, 0.717) is 18.7 Å². The van der Waals surface area contributed by atoms with Crippen LogP contribution in [0.3, 0.4) is 0 Å². The Kier molecular flexibility index (Phi) is 4.97. The highest BCUT2D eigenvalue weighted by Gasteiger charge is 2.22. The van der Waals surface area contributed by atoms with E-state index in [2.05, 4.69) is 15.4 Å². The van der Waals surface area contributed by atoms with Crippen LogP contribution in [0.25, 0.3) is 5.69 Å². The molecule has 1 amide bonds. The Morgan fingerprint density at radius 1 is 1.32 bits per heavy atom. The lowest BCUT2D eigenvalue weighted by Crippen LogP contribution is -2.23. The van der Waals surface area contributed by atoms with Gasteiger partial charge >= 0.3 is 0 Å². The van der Waals surface area contributed by atoms with Gasteiger partial charge in [-0.05, 0) is 50.2 Å². The molecule has 0 bridgehead atoms. The van der Waals surface area contributed by atoms with E-state index in [0.717, 1.165) is 34.7 Å². The quantitative estimate of drug-likeness (QED) is 0.714. The monoisotopic (exact) mass is 378 g/mol. The first kappa shape index (κ1) is 18.0. The van der Waals surface area contributed by atoms with Crippen LogP contribution in [0.1, 0.15) is 35.3 Å². The molecule has 0 fully saturated rings. The molecule has 0 aliphatic carbocycles. The van der Waals surface area contributed by atoms with E-state index in [4.69, 9.17) is 9.47 Å². The van der Waals surface area contributed by atoms with Gasteiger partial charge in [0.05, 0.1) is 12.3 Å². The van der Waals surface area contributed by atoms with Crippen LogP contribution < -0.4 is 14.8 Å². The number of nitrogens with one attached hydrogen (secondary N) is 1. The Morgan fingerprint density at radius 3 is 2.86 bits per heavy atom. The molecule has 1 aliphatic rings. The number of hydrogen-bond acceptors (Lipinski definition) is 5. The van der Waals surface area contributed by atoms with Gasteiger partial charge in [-0.25, -0.2) is 9.67 Å². The van der Waals surface area contributed by atoms with E-state index >= 15 is 0 Å². The number of nitrogens with zero attached hydrogens (tertiary/aromatic N) is 3. The van der Waals surface area contributed by atoms with Gasteiger partial charge < -0.3 is 14.8 Å². The van der Waals surface area contributed by atoms with Gasteiger partial charge in [-0.1, -0.05) is 0 Å². The molecule has 1 aliphatic heterocycles. The number of benzene rings is 2. The van der Waals surface area contributed by atoms with Crippen molar-refractivity contribution in [2.75, 3.05) is 6.61 Å². The molecule has 4 rings (SSSR count). The lowest BCUT2D eigenvalue weighted by molar-refractivity contribution is 0.0950. The molecule has 28 heavy (non-hydrogen) atoms. The van der Waals surface area contributed by atoms with Gasteiger partial charge in [0.2, 0.25) is 0 Å². The molecule has 0 spiro atoms. The molecule has 2 heterocycles. The first-order chi connectivity index (χ1) is 13.6. The second kappa shape index (κ2) is 7.72. The van der Waals surface area contributed by atoms with Crippen LogP contribution in [0, 0.1) is 0 Å². The van der Waals surface area contributed by atoms with Gasteiger partial charge in [-0.15, -0.1) is 0 Å². The number of aromatic nitrogens is 3. The van der Waals surface area contributed by atoms with Crippen LogP contribution in [0.15, 0.2) is 49.1 Å². The van der Waals surface area contributed by atoms with E-state index in [9.17, 15) is 4.79 Å². The molecule has 2 aromatic carbocycles. The van der Waals surface area contributed by atoms with Crippen LogP contribution in [0.5, 0.6) is 11.5 Å². The van der Waals surface area contributed by atoms with Gasteiger partial charge in [-0.3, -0.25) is 4.79 Å². The Labute approximate surface area is 163 Å². The minimum atomic E-state index is -0.151. The maximum Gasteiger partial charge on any atom is 0.251 e. The molecule has 3 aromatic rings. The minimum Gasteiger partial charge on any atom is -0.494 e. The fourth-order valence-corrected chi connectivity index (χ4v) is 3.29. The molecule has 1 N–H and O–H groups in total. The van der Waals surface area contributed by atoms with Crippen LogP contribution in [-0.2, 0) is 13.0 Å². The average Bonchev–Trinajstić information content (AvgIpc) is 3.35. The maximum atomic E-state index is 12.6. The van der Waals surface area contributed by atoms with Crippen molar-refractivity contribution in [3.8, 4) is 17.2 Å². The minimum absolute atomic E-state index is 0.151. The van der Waals surface area contributed by atoms with Gasteiger partial charge in [0, 0.05) is 29.7 Å². The molecule has 0 unspecified atom stereocenters. The summed E-state index contributed by atoms with van der Waals surface area (Å²) in [4.78, 5) is 16.5. The highest BCUT2D eigenvalue weighted by molar-refractivity contribution is 5.94. The molecule has 7 heteroatoms. The van der Waals surface area contributed by atoms with E-state index in [-0.39, 0.29) is 12.0 Å². The summed E-state index contributed by atoms with van der Waals surface area (Å²) in [5.41, 5.74) is 3.47. The number of carbonyl (C=O) groups is 1. The fourth-order valence-electron chi connectivity index (χ4n) is 3.29. The first-order valence-electron chi connectivity index (χ1n) is 9.32. The first-order valence-corrected chi connectivity index (χ1v) is 9.32. The van der Waals surface area contributed by atoms with E-state index in [1.165, 1.54) is 6.33 Å². The van der Waals surface area contributed by atoms with Crippen molar-refractivity contribution in [3.05, 3.63) is 65.7 Å². The van der Waals surface area contributed by atoms with Gasteiger partial charge in [0.15, 0.2) is 0 Å². The summed E-state index contributed by atoms with van der Waals surface area (Å²) >= 11 is 0. The highest BCUT2D eigenvalue weighted by atomic mass is 16.5. The number of carbonyl (C=O) groups excluding carboxylic acids is 1. The molecular weight excluding hydrogens is 356 g/mol. The summed E-state index contributed by atoms with van der Waals surface area (Å²) in [7, 11) is 0. The smallest absolute Gasteiger partial charge is 0.251 e. The standard InChI is InChI=1S/C21H22N4O3/c1-3-27-19-9-16-8-14(2)28-20(16)10-17(19)11-23-21(26)15-4-6-18(7-5-15)25-13-22-12-24-25/h4-7,9-10,12-14H,3,8,11H2,1-2H3,(H,23,26)/t14-/m1/s1. The van der Waals surface area contributed by atoms with E-state index in [1.807, 2.05) is 38.1 Å². The van der Waals surface area contributed by atoms with Gasteiger partial charge in [0.25, 0.3) is 5.91 Å². The fraction of sp³-hybridized carbons (Fsp3) is 0.286. The Bertz CT molecular complexity index is 968. The molecule has 0 saturated carbocycles. The zero-order valence-electron chi connectivity index (χ0n) is 15.9. The molecule has 7 nitrogen and oxygen atoms in total. The third kappa shape index (κ3) is 3.69. The molecular formula is C21H22N4O3. The van der Waals surface area contributed by atoms with Crippen molar-refractivity contribution in [3.63, 3.8) is 0 Å². The zero-order valence-corrected chi connectivity index (χ0v) is 15.9. The second-order valence-corrected chi connectivity index (χ2v) is 6.70. The van der Waals surface area contributed by atoms with Crippen molar-refractivity contribution in [1.29, 1.82) is 0 Å². The molecule has 0 radical (unpaired) electrons. The summed E-state index contributed by atoms with van der Waals surface area (Å²) in [6.45, 7) is 4.93. The van der Waals surface area contributed by atoms with E-state index < -0.39 is 0 Å². The van der Waals surface area contributed by atoms with Crippen molar-refractivity contribution >= 4 is 5.91 Å². The summed E-state index contributed by atoms with van der Waals surface area (Å²) in [5.74, 6) is 1.51. The lowest BCUT2D eigenvalue weighted by Gasteiger charge is -2.13. The Balaban J connectivity index is 1.46. The topological polar surface area (TPSA) is 78.3 Å². The lowest BCUT2D eigenvalue weighted by atomic mass is 10.1. The summed E-state index contributed by atoms with van der Waals surface area (Å²) in [5, 5.41) is 7.04. The normalized spacial score (nSPS) is 15.0. The van der Waals surface area contributed by atoms with Crippen LogP contribution >= 0.6 is 0 Å². The zero-order chi connectivity index (χ0) is 19.5. The van der Waals surface area contributed by atoms with Crippen LogP contribution in [0.2, 0.25) is 0 Å².